The monoisotopic (exact) mass is 417 g/mol. The Morgan fingerprint density at radius 1 is 1.26 bits per heavy atom. The van der Waals surface area contributed by atoms with Gasteiger partial charge in [-0.15, -0.1) is 0 Å². The van der Waals surface area contributed by atoms with Crippen molar-refractivity contribution in [3.63, 3.8) is 0 Å². The summed E-state index contributed by atoms with van der Waals surface area (Å²) in [5.41, 5.74) is 3.59. The van der Waals surface area contributed by atoms with Crippen molar-refractivity contribution in [2.75, 3.05) is 13.1 Å². The first-order valence-corrected chi connectivity index (χ1v) is 10.6. The van der Waals surface area contributed by atoms with Gasteiger partial charge >= 0.3 is 0 Å². The third kappa shape index (κ3) is 4.10. The van der Waals surface area contributed by atoms with Crippen molar-refractivity contribution in [2.24, 2.45) is 0 Å². The number of carbonyl (C=O) groups is 1. The quantitative estimate of drug-likeness (QED) is 0.496. The molecule has 158 valence electrons. The van der Waals surface area contributed by atoms with E-state index >= 15 is 0 Å². The Morgan fingerprint density at radius 2 is 2.16 bits per heavy atom. The molecule has 0 saturated carbocycles. The minimum atomic E-state index is -0.259. The van der Waals surface area contributed by atoms with E-state index in [-0.39, 0.29) is 17.6 Å². The average molecular weight is 417 g/mol. The Bertz CT molecular complexity index is 1240. The van der Waals surface area contributed by atoms with E-state index in [1.807, 2.05) is 36.1 Å². The lowest BCUT2D eigenvalue weighted by atomic mass is 9.97. The first kappa shape index (κ1) is 19.5. The van der Waals surface area contributed by atoms with Gasteiger partial charge in [-0.2, -0.15) is 0 Å². The zero-order valence-electron chi connectivity index (χ0n) is 17.4. The van der Waals surface area contributed by atoms with E-state index in [1.165, 1.54) is 12.1 Å². The molecule has 1 atom stereocenters. The van der Waals surface area contributed by atoms with Crippen LogP contribution in [0.5, 0.6) is 0 Å². The molecule has 1 fully saturated rings. The number of likely N-dealkylation sites (tertiary alicyclic amines) is 1. The molecule has 31 heavy (non-hydrogen) atoms. The van der Waals surface area contributed by atoms with Crippen LogP contribution in [0.25, 0.3) is 10.9 Å². The Balaban J connectivity index is 1.29. The second kappa shape index (κ2) is 8.02. The minimum absolute atomic E-state index is 0.00472. The summed E-state index contributed by atoms with van der Waals surface area (Å²) >= 11 is 0. The van der Waals surface area contributed by atoms with Crippen LogP contribution >= 0.6 is 0 Å². The van der Waals surface area contributed by atoms with Crippen LogP contribution in [-0.2, 0) is 6.42 Å². The van der Waals surface area contributed by atoms with Crippen molar-refractivity contribution in [2.45, 2.75) is 32.1 Å². The molecule has 1 aliphatic heterocycles. The first-order chi connectivity index (χ1) is 15.0. The Hall–Kier alpha value is -3.41. The number of benzene rings is 2. The maximum absolute atomic E-state index is 13.4. The maximum Gasteiger partial charge on any atom is 0.270 e. The summed E-state index contributed by atoms with van der Waals surface area (Å²) in [5.74, 6) is 1.16. The smallest absolute Gasteiger partial charge is 0.270 e. The first-order valence-electron chi connectivity index (χ1n) is 10.6. The zero-order valence-corrected chi connectivity index (χ0v) is 17.4. The average Bonchev–Trinajstić information content (AvgIpc) is 3.40. The molecule has 1 amide bonds. The standard InChI is InChI=1S/C25H24FN3O2/c1-16-7-8-18-13-23(28-22(18)10-16)25(30)29-9-3-5-19(15-29)24-27-14-21(31-24)12-17-4-2-6-20(26)11-17/h2,4,6-8,10-11,13-14,19,28H,3,5,9,12,15H2,1H3/t19-/m0/s1. The van der Waals surface area contributed by atoms with Crippen molar-refractivity contribution < 1.29 is 13.6 Å². The van der Waals surface area contributed by atoms with Crippen LogP contribution in [0.3, 0.4) is 0 Å². The van der Waals surface area contributed by atoms with Crippen LogP contribution in [0.4, 0.5) is 4.39 Å². The molecule has 3 heterocycles. The van der Waals surface area contributed by atoms with Gasteiger partial charge in [-0.1, -0.05) is 24.3 Å². The van der Waals surface area contributed by atoms with Crippen molar-refractivity contribution in [3.05, 3.63) is 89.0 Å². The molecular formula is C25H24FN3O2. The molecule has 5 nitrogen and oxygen atoms in total. The van der Waals surface area contributed by atoms with E-state index in [4.69, 9.17) is 4.42 Å². The number of aromatic amines is 1. The second-order valence-electron chi connectivity index (χ2n) is 8.34. The molecule has 2 aromatic heterocycles. The van der Waals surface area contributed by atoms with Gasteiger partial charge < -0.3 is 14.3 Å². The molecule has 1 aliphatic rings. The Kier molecular flexibility index (Phi) is 5.06. The summed E-state index contributed by atoms with van der Waals surface area (Å²) < 4.78 is 19.4. The molecule has 6 heteroatoms. The lowest BCUT2D eigenvalue weighted by Crippen LogP contribution is -2.39. The number of fused-ring (bicyclic) bond motifs is 1. The van der Waals surface area contributed by atoms with E-state index < -0.39 is 0 Å². The molecule has 2 aromatic carbocycles. The van der Waals surface area contributed by atoms with Gasteiger partial charge in [0.2, 0.25) is 0 Å². The van der Waals surface area contributed by atoms with Crippen LogP contribution in [-0.4, -0.2) is 33.9 Å². The number of amides is 1. The van der Waals surface area contributed by atoms with E-state index in [9.17, 15) is 9.18 Å². The fourth-order valence-electron chi connectivity index (χ4n) is 4.33. The van der Waals surface area contributed by atoms with Gasteiger partial charge in [0.05, 0.1) is 12.1 Å². The molecule has 0 bridgehead atoms. The van der Waals surface area contributed by atoms with Crippen LogP contribution in [0.15, 0.2) is 59.1 Å². The summed E-state index contributed by atoms with van der Waals surface area (Å²) in [5, 5.41) is 1.04. The number of nitrogens with one attached hydrogen (secondary N) is 1. The van der Waals surface area contributed by atoms with E-state index in [1.54, 1.807) is 12.3 Å². The van der Waals surface area contributed by atoms with Crippen LogP contribution in [0, 0.1) is 12.7 Å². The Labute approximate surface area is 179 Å². The second-order valence-corrected chi connectivity index (χ2v) is 8.34. The van der Waals surface area contributed by atoms with Crippen molar-refractivity contribution in [1.29, 1.82) is 0 Å². The number of halogens is 1. The topological polar surface area (TPSA) is 62.1 Å². The number of rotatable bonds is 4. The highest BCUT2D eigenvalue weighted by molar-refractivity contribution is 5.98. The fraction of sp³-hybridized carbons (Fsp3) is 0.280. The number of aromatic nitrogens is 2. The molecule has 5 rings (SSSR count). The van der Waals surface area contributed by atoms with Crippen LogP contribution in [0.1, 0.15) is 52.0 Å². The molecule has 0 unspecified atom stereocenters. The molecule has 0 aliphatic carbocycles. The largest absolute Gasteiger partial charge is 0.445 e. The van der Waals surface area contributed by atoms with Gasteiger partial charge in [-0.25, -0.2) is 9.37 Å². The van der Waals surface area contributed by atoms with Gasteiger partial charge in [-0.05, 0) is 55.2 Å². The van der Waals surface area contributed by atoms with Gasteiger partial charge in [-0.3, -0.25) is 4.79 Å². The van der Waals surface area contributed by atoms with Crippen molar-refractivity contribution >= 4 is 16.8 Å². The summed E-state index contributed by atoms with van der Waals surface area (Å²) in [6.07, 6.45) is 4.03. The predicted molar refractivity (Wildman–Crippen MR) is 117 cm³/mol. The molecule has 0 spiro atoms. The highest BCUT2D eigenvalue weighted by atomic mass is 19.1. The van der Waals surface area contributed by atoms with Crippen LogP contribution in [0.2, 0.25) is 0 Å². The Morgan fingerprint density at radius 3 is 3.03 bits per heavy atom. The zero-order chi connectivity index (χ0) is 21.4. The highest BCUT2D eigenvalue weighted by Crippen LogP contribution is 2.28. The predicted octanol–water partition coefficient (Wildman–Crippen LogP) is 5.21. The number of nitrogens with zero attached hydrogens (tertiary/aromatic N) is 2. The molecule has 4 aromatic rings. The molecule has 1 saturated heterocycles. The number of hydrogen-bond acceptors (Lipinski definition) is 3. The maximum atomic E-state index is 13.4. The summed E-state index contributed by atoms with van der Waals surface area (Å²) in [6, 6.07) is 14.5. The number of piperidine rings is 1. The van der Waals surface area contributed by atoms with Gasteiger partial charge in [0.1, 0.15) is 17.3 Å². The van der Waals surface area contributed by atoms with E-state index in [0.29, 0.717) is 30.3 Å². The normalized spacial score (nSPS) is 16.7. The van der Waals surface area contributed by atoms with Gasteiger partial charge in [0.25, 0.3) is 5.91 Å². The number of oxazole rings is 1. The third-order valence-electron chi connectivity index (χ3n) is 5.91. The van der Waals surface area contributed by atoms with Crippen molar-refractivity contribution in [3.8, 4) is 0 Å². The van der Waals surface area contributed by atoms with Crippen molar-refractivity contribution in [1.82, 2.24) is 14.9 Å². The number of aryl methyl sites for hydroxylation is 1. The molecule has 1 N–H and O–H groups in total. The lowest BCUT2D eigenvalue weighted by Gasteiger charge is -2.31. The minimum Gasteiger partial charge on any atom is -0.445 e. The lowest BCUT2D eigenvalue weighted by molar-refractivity contribution is 0.0693. The molecule has 0 radical (unpaired) electrons. The molecular weight excluding hydrogens is 393 g/mol. The van der Waals surface area contributed by atoms with E-state index in [2.05, 4.69) is 16.0 Å². The SMILES string of the molecule is Cc1ccc2cc(C(=O)N3CCC[C@H](c4ncc(Cc5cccc(F)c5)o4)C3)[nH]c2c1. The summed E-state index contributed by atoms with van der Waals surface area (Å²) in [6.45, 7) is 3.34. The number of carbonyl (C=O) groups excluding carboxylic acids is 1. The van der Waals surface area contributed by atoms with E-state index in [0.717, 1.165) is 41.4 Å². The fourth-order valence-corrected chi connectivity index (χ4v) is 4.33. The summed E-state index contributed by atoms with van der Waals surface area (Å²) in [7, 11) is 0. The van der Waals surface area contributed by atoms with Gasteiger partial charge in [0, 0.05) is 30.4 Å². The number of hydrogen-bond donors (Lipinski definition) is 1. The number of H-pyrrole nitrogens is 1. The summed E-state index contributed by atoms with van der Waals surface area (Å²) in [4.78, 5) is 22.7. The van der Waals surface area contributed by atoms with Gasteiger partial charge in [0.15, 0.2) is 5.89 Å². The van der Waals surface area contributed by atoms with Crippen LogP contribution < -0.4 is 0 Å². The third-order valence-corrected chi connectivity index (χ3v) is 5.91. The highest BCUT2D eigenvalue weighted by Gasteiger charge is 2.29.